The molecule has 0 radical (unpaired) electrons. The lowest BCUT2D eigenvalue weighted by molar-refractivity contribution is -0.119. The molecular weight excluding hydrogens is 442 g/mol. The van der Waals surface area contributed by atoms with Crippen molar-refractivity contribution in [1.82, 2.24) is 4.98 Å². The van der Waals surface area contributed by atoms with E-state index >= 15 is 0 Å². The predicted octanol–water partition coefficient (Wildman–Crippen LogP) is 5.22. The van der Waals surface area contributed by atoms with E-state index in [2.05, 4.69) is 15.2 Å². The SMILES string of the molecule is O=C(COC(=O)c1ccccc1SCc1cscn1)Nc1ccc(N2CCCCC2)cc1. The number of esters is 1. The first-order valence-electron chi connectivity index (χ1n) is 10.6. The highest BCUT2D eigenvalue weighted by Gasteiger charge is 2.15. The summed E-state index contributed by atoms with van der Waals surface area (Å²) >= 11 is 3.06. The van der Waals surface area contributed by atoms with E-state index in [0.29, 0.717) is 17.0 Å². The monoisotopic (exact) mass is 467 g/mol. The van der Waals surface area contributed by atoms with Crippen LogP contribution in [0.2, 0.25) is 0 Å². The van der Waals surface area contributed by atoms with Crippen molar-refractivity contribution in [3.05, 3.63) is 70.7 Å². The number of thiazole rings is 1. The van der Waals surface area contributed by atoms with Crippen LogP contribution in [-0.2, 0) is 15.3 Å². The molecule has 4 rings (SSSR count). The molecule has 1 aliphatic rings. The van der Waals surface area contributed by atoms with Crippen molar-refractivity contribution in [2.45, 2.75) is 29.9 Å². The Hall–Kier alpha value is -2.84. The van der Waals surface area contributed by atoms with Gasteiger partial charge in [-0.25, -0.2) is 9.78 Å². The number of carbonyl (C=O) groups excluding carboxylic acids is 2. The number of nitrogens with one attached hydrogen (secondary N) is 1. The number of ether oxygens (including phenoxy) is 1. The molecule has 0 saturated carbocycles. The van der Waals surface area contributed by atoms with Crippen LogP contribution in [0.25, 0.3) is 0 Å². The van der Waals surface area contributed by atoms with Crippen molar-refractivity contribution >= 4 is 46.3 Å². The smallest absolute Gasteiger partial charge is 0.339 e. The number of hydrogen-bond acceptors (Lipinski definition) is 7. The lowest BCUT2D eigenvalue weighted by Gasteiger charge is -2.28. The Kier molecular flexibility index (Phi) is 7.79. The number of nitrogens with zero attached hydrogens (tertiary/aromatic N) is 2. The molecule has 1 aromatic heterocycles. The van der Waals surface area contributed by atoms with Gasteiger partial charge in [-0.2, -0.15) is 0 Å². The third kappa shape index (κ3) is 6.11. The number of piperidine rings is 1. The summed E-state index contributed by atoms with van der Waals surface area (Å²) in [6.07, 6.45) is 3.73. The van der Waals surface area contributed by atoms with E-state index in [1.165, 1.54) is 36.7 Å². The second-order valence-electron chi connectivity index (χ2n) is 7.48. The number of hydrogen-bond donors (Lipinski definition) is 1. The van der Waals surface area contributed by atoms with Crippen molar-refractivity contribution in [3.63, 3.8) is 0 Å². The molecule has 6 nitrogen and oxygen atoms in total. The van der Waals surface area contributed by atoms with Crippen molar-refractivity contribution in [2.24, 2.45) is 0 Å². The van der Waals surface area contributed by atoms with E-state index in [4.69, 9.17) is 4.74 Å². The molecule has 8 heteroatoms. The molecule has 2 heterocycles. The van der Waals surface area contributed by atoms with E-state index in [1.54, 1.807) is 29.0 Å². The Morgan fingerprint density at radius 1 is 1.06 bits per heavy atom. The van der Waals surface area contributed by atoms with E-state index in [9.17, 15) is 9.59 Å². The van der Waals surface area contributed by atoms with Crippen molar-refractivity contribution < 1.29 is 14.3 Å². The summed E-state index contributed by atoms with van der Waals surface area (Å²) < 4.78 is 5.27. The maximum Gasteiger partial charge on any atom is 0.339 e. The molecule has 32 heavy (non-hydrogen) atoms. The summed E-state index contributed by atoms with van der Waals surface area (Å²) in [5, 5.41) is 4.77. The molecule has 0 spiro atoms. The lowest BCUT2D eigenvalue weighted by Crippen LogP contribution is -2.29. The van der Waals surface area contributed by atoms with Gasteiger partial charge in [-0.05, 0) is 55.7 Å². The third-order valence-electron chi connectivity index (χ3n) is 5.17. The van der Waals surface area contributed by atoms with Crippen LogP contribution in [0.5, 0.6) is 0 Å². The second kappa shape index (κ2) is 11.2. The van der Waals surface area contributed by atoms with Gasteiger partial charge in [0.1, 0.15) is 0 Å². The number of amides is 1. The zero-order valence-corrected chi connectivity index (χ0v) is 19.3. The average molecular weight is 468 g/mol. The van der Waals surface area contributed by atoms with Crippen molar-refractivity contribution in [3.8, 4) is 0 Å². The largest absolute Gasteiger partial charge is 0.452 e. The molecule has 1 fully saturated rings. The van der Waals surface area contributed by atoms with Gasteiger partial charge >= 0.3 is 5.97 Å². The molecule has 2 aromatic carbocycles. The summed E-state index contributed by atoms with van der Waals surface area (Å²) in [4.78, 5) is 32.3. The van der Waals surface area contributed by atoms with Gasteiger partial charge < -0.3 is 15.0 Å². The van der Waals surface area contributed by atoms with Crippen LogP contribution in [0.3, 0.4) is 0 Å². The van der Waals surface area contributed by atoms with Crippen LogP contribution in [0, 0.1) is 0 Å². The fourth-order valence-corrected chi connectivity index (χ4v) is 5.14. The van der Waals surface area contributed by atoms with Crippen LogP contribution < -0.4 is 10.2 Å². The first-order valence-corrected chi connectivity index (χ1v) is 12.5. The topological polar surface area (TPSA) is 71.5 Å². The minimum Gasteiger partial charge on any atom is -0.452 e. The number of anilines is 2. The number of aromatic nitrogens is 1. The highest BCUT2D eigenvalue weighted by atomic mass is 32.2. The van der Waals surface area contributed by atoms with Gasteiger partial charge in [0.2, 0.25) is 0 Å². The van der Waals surface area contributed by atoms with E-state index in [1.807, 2.05) is 41.8 Å². The van der Waals surface area contributed by atoms with E-state index in [-0.39, 0.29) is 12.5 Å². The van der Waals surface area contributed by atoms with E-state index < -0.39 is 5.97 Å². The molecule has 1 amide bonds. The van der Waals surface area contributed by atoms with Gasteiger partial charge in [-0.15, -0.1) is 23.1 Å². The standard InChI is InChI=1S/C24H25N3O3S2/c28-23(26-18-8-10-20(11-9-18)27-12-4-1-5-13-27)14-30-24(29)21-6-2-3-7-22(21)32-16-19-15-31-17-25-19/h2-3,6-11,15,17H,1,4-5,12-14,16H2,(H,26,28). The minimum atomic E-state index is -0.512. The minimum absolute atomic E-state index is 0.336. The Morgan fingerprint density at radius 3 is 2.59 bits per heavy atom. The van der Waals surface area contributed by atoms with Gasteiger partial charge in [-0.1, -0.05) is 12.1 Å². The molecule has 3 aromatic rings. The molecule has 0 aliphatic carbocycles. The first kappa shape index (κ1) is 22.4. The summed E-state index contributed by atoms with van der Waals surface area (Å²) in [5.41, 5.74) is 5.06. The highest BCUT2D eigenvalue weighted by molar-refractivity contribution is 7.98. The van der Waals surface area contributed by atoms with Gasteiger partial charge in [0.25, 0.3) is 5.91 Å². The summed E-state index contributed by atoms with van der Waals surface area (Å²) in [6.45, 7) is 1.81. The quantitative estimate of drug-likeness (QED) is 0.362. The zero-order chi connectivity index (χ0) is 22.2. The summed E-state index contributed by atoms with van der Waals surface area (Å²) in [7, 11) is 0. The van der Waals surface area contributed by atoms with Crippen molar-refractivity contribution in [2.75, 3.05) is 29.9 Å². The normalized spacial score (nSPS) is 13.6. The molecule has 0 unspecified atom stereocenters. The van der Waals surface area contributed by atoms with Crippen LogP contribution in [0.1, 0.15) is 35.3 Å². The molecule has 1 N–H and O–H groups in total. The zero-order valence-electron chi connectivity index (χ0n) is 17.7. The Labute approximate surface area is 196 Å². The third-order valence-corrected chi connectivity index (χ3v) is 6.92. The van der Waals surface area contributed by atoms with Gasteiger partial charge in [0, 0.05) is 40.5 Å². The van der Waals surface area contributed by atoms with Gasteiger partial charge in [0.05, 0.1) is 16.8 Å². The van der Waals surface area contributed by atoms with Crippen LogP contribution >= 0.6 is 23.1 Å². The Bertz CT molecular complexity index is 1030. The number of rotatable bonds is 8. The maximum atomic E-state index is 12.6. The summed E-state index contributed by atoms with van der Waals surface area (Å²) in [6, 6.07) is 15.0. The second-order valence-corrected chi connectivity index (χ2v) is 9.22. The fraction of sp³-hybridized carbons (Fsp3) is 0.292. The molecule has 0 bridgehead atoms. The highest BCUT2D eigenvalue weighted by Crippen LogP contribution is 2.27. The van der Waals surface area contributed by atoms with E-state index in [0.717, 1.165) is 23.7 Å². The van der Waals surface area contributed by atoms with Crippen molar-refractivity contribution in [1.29, 1.82) is 0 Å². The lowest BCUT2D eigenvalue weighted by atomic mass is 10.1. The van der Waals surface area contributed by atoms with Gasteiger partial charge in [0.15, 0.2) is 6.61 Å². The first-order chi connectivity index (χ1) is 15.7. The fourth-order valence-electron chi connectivity index (χ4n) is 3.54. The Morgan fingerprint density at radius 2 is 1.84 bits per heavy atom. The summed E-state index contributed by atoms with van der Waals surface area (Å²) in [5.74, 6) is -0.208. The number of carbonyl (C=O) groups is 2. The predicted molar refractivity (Wildman–Crippen MR) is 130 cm³/mol. The van der Waals surface area contributed by atoms with Crippen LogP contribution in [0.15, 0.2) is 64.3 Å². The maximum absolute atomic E-state index is 12.6. The average Bonchev–Trinajstić information content (AvgIpc) is 3.36. The molecule has 1 aliphatic heterocycles. The molecule has 1 saturated heterocycles. The molecule has 0 atom stereocenters. The molecule has 166 valence electrons. The van der Waals surface area contributed by atoms with Crippen LogP contribution in [0.4, 0.5) is 11.4 Å². The molecular formula is C24H25N3O3S2. The number of thioether (sulfide) groups is 1. The van der Waals surface area contributed by atoms with Crippen LogP contribution in [-0.4, -0.2) is 36.6 Å². The Balaban J connectivity index is 1.28. The number of benzene rings is 2. The van der Waals surface area contributed by atoms with Gasteiger partial charge in [-0.3, -0.25) is 4.79 Å².